The van der Waals surface area contributed by atoms with Crippen molar-refractivity contribution in [3.8, 4) is 0 Å². The lowest BCUT2D eigenvalue weighted by Crippen LogP contribution is -3.00. The van der Waals surface area contributed by atoms with E-state index in [9.17, 15) is 0 Å². The van der Waals surface area contributed by atoms with E-state index < -0.39 is 0 Å². The third-order valence-electron chi connectivity index (χ3n) is 3.43. The van der Waals surface area contributed by atoms with Gasteiger partial charge in [-0.25, -0.2) is 0 Å². The number of halogens is 1. The number of unbranched alkanes of at least 4 members (excludes halogenated alkanes) is 3. The van der Waals surface area contributed by atoms with Crippen molar-refractivity contribution >= 4 is 0 Å². The number of aromatic nitrogens is 3. The lowest BCUT2D eigenvalue weighted by molar-refractivity contribution is -0.758. The molecule has 0 unspecified atom stereocenters. The maximum Gasteiger partial charge on any atom is 0.301 e. The molecule has 1 aromatic heterocycles. The van der Waals surface area contributed by atoms with Gasteiger partial charge in [0.2, 0.25) is 0 Å². The summed E-state index contributed by atoms with van der Waals surface area (Å²) >= 11 is 0. The molecule has 0 saturated heterocycles. The van der Waals surface area contributed by atoms with Crippen LogP contribution in [0.5, 0.6) is 0 Å². The second-order valence-corrected chi connectivity index (χ2v) is 5.07. The number of rotatable bonds is 10. The molecule has 5 heteroatoms. The normalized spacial score (nSPS) is 10.4. The Morgan fingerprint density at radius 1 is 1.00 bits per heavy atom. The zero-order valence-corrected chi connectivity index (χ0v) is 15.2. The molecule has 0 saturated carbocycles. The highest BCUT2D eigenvalue weighted by Crippen LogP contribution is 2.03. The summed E-state index contributed by atoms with van der Waals surface area (Å²) < 4.78 is 4.42. The maximum atomic E-state index is 4.77. The van der Waals surface area contributed by atoms with Gasteiger partial charge in [0.25, 0.3) is 5.82 Å². The van der Waals surface area contributed by atoms with Crippen molar-refractivity contribution in [1.29, 1.82) is 0 Å². The molecule has 20 heavy (non-hydrogen) atoms. The molecular weight excluding hydrogens is 316 g/mol. The van der Waals surface area contributed by atoms with E-state index in [1.165, 1.54) is 31.5 Å². The summed E-state index contributed by atoms with van der Waals surface area (Å²) in [6.07, 6.45) is 8.31. The van der Waals surface area contributed by atoms with E-state index in [4.69, 9.17) is 5.10 Å². The zero-order chi connectivity index (χ0) is 14.1. The van der Waals surface area contributed by atoms with Crippen LogP contribution in [0.2, 0.25) is 0 Å². The molecule has 4 nitrogen and oxygen atoms in total. The Hall–Kier alpha value is -0.580. The molecule has 1 N–H and O–H groups in total. The molecule has 0 aliphatic rings. The van der Waals surface area contributed by atoms with Crippen LogP contribution in [0.4, 0.5) is 0 Å². The fraction of sp³-hybridized carbons (Fsp3) is 0.867. The number of hydrogen-bond acceptors (Lipinski definition) is 2. The number of aryl methyl sites for hydroxylation is 2. The molecule has 1 rings (SSSR count). The van der Waals surface area contributed by atoms with Crippen LogP contribution in [-0.4, -0.2) is 16.3 Å². The summed E-state index contributed by atoms with van der Waals surface area (Å²) in [4.78, 5) is 0. The van der Waals surface area contributed by atoms with Crippen LogP contribution in [0.25, 0.3) is 0 Å². The summed E-state index contributed by atoms with van der Waals surface area (Å²) in [7, 11) is 0. The average molecular weight is 347 g/mol. The molecule has 0 atom stereocenters. The molecule has 0 aromatic carbocycles. The molecule has 0 bridgehead atoms. The first-order chi connectivity index (χ1) is 9.28. The van der Waals surface area contributed by atoms with E-state index in [1.54, 1.807) is 0 Å². The van der Waals surface area contributed by atoms with Gasteiger partial charge in [-0.15, -0.1) is 9.36 Å². The fourth-order valence-corrected chi connectivity index (χ4v) is 2.35. The van der Waals surface area contributed by atoms with Gasteiger partial charge in [0, 0.05) is 6.42 Å². The first-order valence-electron chi connectivity index (χ1n) is 8.02. The third-order valence-corrected chi connectivity index (χ3v) is 3.43. The highest BCUT2D eigenvalue weighted by Gasteiger charge is 2.22. The van der Waals surface area contributed by atoms with Crippen molar-refractivity contribution in [2.75, 3.05) is 12.0 Å². The van der Waals surface area contributed by atoms with Gasteiger partial charge in [-0.05, 0) is 24.4 Å². The molecule has 0 amide bonds. The quantitative estimate of drug-likeness (QED) is 0.471. The molecule has 0 fully saturated rings. The van der Waals surface area contributed by atoms with Crippen LogP contribution in [0.1, 0.15) is 71.4 Å². The smallest absolute Gasteiger partial charge is 0.301 e. The van der Waals surface area contributed by atoms with Crippen LogP contribution >= 0.6 is 0 Å². The second-order valence-electron chi connectivity index (χ2n) is 5.07. The Balaban J connectivity index is 0.00000361. The minimum atomic E-state index is 0. The Labute approximate surface area is 134 Å². The summed E-state index contributed by atoms with van der Waals surface area (Å²) in [6.45, 7) is 10.9. The zero-order valence-electron chi connectivity index (χ0n) is 13.6. The van der Waals surface area contributed by atoms with Crippen molar-refractivity contribution in [2.45, 2.75) is 79.2 Å². The lowest BCUT2D eigenvalue weighted by atomic mass is 10.2. The minimum absolute atomic E-state index is 0. The van der Waals surface area contributed by atoms with E-state index in [1.807, 2.05) is 0 Å². The molecule has 0 aliphatic carbocycles. The lowest BCUT2D eigenvalue weighted by Gasteiger charge is -2.04. The van der Waals surface area contributed by atoms with Crippen molar-refractivity contribution in [3.63, 3.8) is 0 Å². The number of nitrogens with one attached hydrogen (secondary N) is 1. The van der Waals surface area contributed by atoms with E-state index in [0.29, 0.717) is 0 Å². The average Bonchev–Trinajstić information content (AvgIpc) is 2.78. The molecule has 0 aliphatic heterocycles. The molecule has 118 valence electrons. The minimum Gasteiger partial charge on any atom is -1.00 e. The second kappa shape index (κ2) is 11.1. The van der Waals surface area contributed by atoms with Gasteiger partial charge in [-0.1, -0.05) is 40.5 Å². The van der Waals surface area contributed by atoms with Gasteiger partial charge in [0.05, 0.1) is 13.0 Å². The summed E-state index contributed by atoms with van der Waals surface area (Å²) in [5.74, 6) is 2.46. The Morgan fingerprint density at radius 2 is 1.75 bits per heavy atom. The van der Waals surface area contributed by atoms with E-state index >= 15 is 0 Å². The van der Waals surface area contributed by atoms with Crippen LogP contribution in [-0.2, 0) is 19.4 Å². The van der Waals surface area contributed by atoms with Crippen molar-refractivity contribution in [1.82, 2.24) is 9.77 Å². The predicted octanol–water partition coefficient (Wildman–Crippen LogP) is -0.167. The van der Waals surface area contributed by atoms with Crippen molar-refractivity contribution in [3.05, 3.63) is 11.6 Å². The van der Waals surface area contributed by atoms with Gasteiger partial charge in [-0.2, -0.15) is 0 Å². The summed E-state index contributed by atoms with van der Waals surface area (Å²) in [5, 5.41) is 4.77. The largest absolute Gasteiger partial charge is 1.00 e. The summed E-state index contributed by atoms with van der Waals surface area (Å²) in [6, 6.07) is 0. The van der Waals surface area contributed by atoms with Gasteiger partial charge in [0.15, 0.2) is 0 Å². The van der Waals surface area contributed by atoms with E-state index in [2.05, 4.69) is 42.5 Å². The Kier molecular flexibility index (Phi) is 10.8. The van der Waals surface area contributed by atoms with Crippen LogP contribution in [0.15, 0.2) is 0 Å². The van der Waals surface area contributed by atoms with E-state index in [0.717, 1.165) is 38.2 Å². The first kappa shape index (κ1) is 19.4. The maximum absolute atomic E-state index is 4.77. The standard InChI is InChI=1S/C15H31N4.BrH/c1-5-9-10-11-13-18-15(8-4)19(16-12-6-2)14(7-3)17-18;/h16H,5-13H2,1-4H3;1H/q+1;/p-1. The monoisotopic (exact) mass is 346 g/mol. The highest BCUT2D eigenvalue weighted by molar-refractivity contribution is 4.94. The summed E-state index contributed by atoms with van der Waals surface area (Å²) in [5.41, 5.74) is 3.49. The van der Waals surface area contributed by atoms with Gasteiger partial charge in [0.1, 0.15) is 6.54 Å². The van der Waals surface area contributed by atoms with Gasteiger partial charge in [-0.3, -0.25) is 5.43 Å². The van der Waals surface area contributed by atoms with Gasteiger partial charge >= 0.3 is 5.82 Å². The van der Waals surface area contributed by atoms with Crippen LogP contribution < -0.4 is 27.1 Å². The molecular formula is C15H31BrN4. The Morgan fingerprint density at radius 3 is 2.30 bits per heavy atom. The third kappa shape index (κ3) is 5.43. The Bertz CT molecular complexity index is 363. The fourth-order valence-electron chi connectivity index (χ4n) is 2.35. The molecule has 1 heterocycles. The topological polar surface area (TPSA) is 33.7 Å². The SMILES string of the molecule is CCCCCC[n+]1nc(CC)n(NCCC)c1CC.[Br-]. The van der Waals surface area contributed by atoms with Gasteiger partial charge < -0.3 is 17.0 Å². The van der Waals surface area contributed by atoms with E-state index in [-0.39, 0.29) is 17.0 Å². The van der Waals surface area contributed by atoms with Crippen LogP contribution in [0, 0.1) is 0 Å². The molecule has 1 aromatic rings. The predicted molar refractivity (Wildman–Crippen MR) is 79.8 cm³/mol. The first-order valence-corrected chi connectivity index (χ1v) is 8.02. The molecule has 0 radical (unpaired) electrons. The highest BCUT2D eigenvalue weighted by atomic mass is 79.9. The van der Waals surface area contributed by atoms with Crippen molar-refractivity contribution < 1.29 is 21.7 Å². The number of hydrogen-bond donors (Lipinski definition) is 1. The molecule has 0 spiro atoms. The number of nitrogens with zero attached hydrogens (tertiary/aromatic N) is 3. The van der Waals surface area contributed by atoms with Crippen molar-refractivity contribution in [2.24, 2.45) is 0 Å². The van der Waals surface area contributed by atoms with Crippen LogP contribution in [0.3, 0.4) is 0 Å².